The average Bonchev–Trinajstić information content (AvgIpc) is 2.57. The van der Waals surface area contributed by atoms with E-state index >= 15 is 0 Å². The Kier molecular flexibility index (Phi) is 3.52. The number of nitrogens with two attached hydrogens (primary N) is 1. The van der Waals surface area contributed by atoms with E-state index in [2.05, 4.69) is 4.98 Å². The summed E-state index contributed by atoms with van der Waals surface area (Å²) in [6.07, 6.45) is 1.49. The zero-order valence-corrected chi connectivity index (χ0v) is 12.4. The van der Waals surface area contributed by atoms with E-state index < -0.39 is 24.3 Å². The lowest BCUT2D eigenvalue weighted by molar-refractivity contribution is 0.00578. The predicted molar refractivity (Wildman–Crippen MR) is 75.7 cm³/mol. The summed E-state index contributed by atoms with van der Waals surface area (Å²) in [6.45, 7) is 7.76. The number of hydrogen-bond acceptors (Lipinski definition) is 6. The summed E-state index contributed by atoms with van der Waals surface area (Å²) in [7, 11) is 0.634. The number of pyridine rings is 1. The van der Waals surface area contributed by atoms with E-state index in [1.807, 2.05) is 27.7 Å². The lowest BCUT2D eigenvalue weighted by atomic mass is 9.77. The highest BCUT2D eigenvalue weighted by Crippen LogP contribution is 2.36. The molecule has 2 N–H and O–H groups in total. The molecule has 1 aliphatic heterocycles. The van der Waals surface area contributed by atoms with Crippen molar-refractivity contribution in [3.63, 3.8) is 0 Å². The molecule has 2 heterocycles. The van der Waals surface area contributed by atoms with Gasteiger partial charge in [0.05, 0.1) is 23.9 Å². The Bertz CT molecular complexity index is 529. The molecule has 0 bridgehead atoms. The van der Waals surface area contributed by atoms with E-state index in [1.165, 1.54) is 19.4 Å². The lowest BCUT2D eigenvalue weighted by Gasteiger charge is -2.32. The third kappa shape index (κ3) is 2.38. The van der Waals surface area contributed by atoms with Gasteiger partial charge >= 0.3 is 13.1 Å². The molecule has 0 aromatic carbocycles. The molecular weight excluding hydrogens is 259 g/mol. The number of rotatable bonds is 2. The number of carbonyl (C=O) groups is 1. The average molecular weight is 278 g/mol. The maximum atomic E-state index is 11.8. The molecule has 1 saturated heterocycles. The molecular formula is C13H19BN2O4. The van der Waals surface area contributed by atoms with Crippen molar-refractivity contribution in [3.8, 4) is 0 Å². The lowest BCUT2D eigenvalue weighted by Crippen LogP contribution is -2.41. The number of esters is 1. The van der Waals surface area contributed by atoms with Gasteiger partial charge in [-0.05, 0) is 33.8 Å². The fourth-order valence-corrected chi connectivity index (χ4v) is 1.93. The van der Waals surface area contributed by atoms with Crippen LogP contribution in [0.5, 0.6) is 0 Å². The SMILES string of the molecule is COC(=O)c1cc(N)ncc1B1OC(C)(C)C(C)(C)O1. The molecule has 1 aliphatic rings. The van der Waals surface area contributed by atoms with Gasteiger partial charge in [-0.15, -0.1) is 0 Å². The highest BCUT2D eigenvalue weighted by atomic mass is 16.7. The van der Waals surface area contributed by atoms with Crippen molar-refractivity contribution in [1.82, 2.24) is 4.98 Å². The van der Waals surface area contributed by atoms with Crippen molar-refractivity contribution < 1.29 is 18.8 Å². The van der Waals surface area contributed by atoms with Gasteiger partial charge in [0, 0.05) is 11.7 Å². The van der Waals surface area contributed by atoms with Gasteiger partial charge in [0.25, 0.3) is 0 Å². The number of ether oxygens (including phenoxy) is 1. The van der Waals surface area contributed by atoms with E-state index in [4.69, 9.17) is 19.8 Å². The van der Waals surface area contributed by atoms with E-state index in [1.54, 1.807) is 0 Å². The van der Waals surface area contributed by atoms with Crippen molar-refractivity contribution >= 4 is 24.4 Å². The zero-order valence-electron chi connectivity index (χ0n) is 12.4. The molecule has 0 radical (unpaired) electrons. The Hall–Kier alpha value is -1.60. The van der Waals surface area contributed by atoms with Crippen molar-refractivity contribution in [2.75, 3.05) is 12.8 Å². The summed E-state index contributed by atoms with van der Waals surface area (Å²) in [4.78, 5) is 15.9. The molecule has 0 amide bonds. The monoisotopic (exact) mass is 278 g/mol. The van der Waals surface area contributed by atoms with Gasteiger partial charge in [0.15, 0.2) is 0 Å². The number of carbonyl (C=O) groups excluding carboxylic acids is 1. The normalized spacial score (nSPS) is 19.9. The van der Waals surface area contributed by atoms with Crippen LogP contribution >= 0.6 is 0 Å². The number of methoxy groups -OCH3 is 1. The maximum absolute atomic E-state index is 11.8. The van der Waals surface area contributed by atoms with Gasteiger partial charge in [-0.3, -0.25) is 0 Å². The van der Waals surface area contributed by atoms with Crippen LogP contribution < -0.4 is 11.2 Å². The Morgan fingerprint density at radius 1 is 1.30 bits per heavy atom. The molecule has 1 aromatic heterocycles. The van der Waals surface area contributed by atoms with Crippen LogP contribution in [0.1, 0.15) is 38.1 Å². The topological polar surface area (TPSA) is 83.7 Å². The van der Waals surface area contributed by atoms with Gasteiger partial charge < -0.3 is 19.8 Å². The standard InChI is InChI=1S/C13H19BN2O4/c1-12(2)13(3,4)20-14(19-12)9-7-16-10(15)6-8(9)11(17)18-5/h6-7H,1-5H3,(H2,15,16). The van der Waals surface area contributed by atoms with Crippen LogP contribution in [-0.2, 0) is 14.0 Å². The van der Waals surface area contributed by atoms with E-state index in [0.29, 0.717) is 11.0 Å². The molecule has 6 nitrogen and oxygen atoms in total. The molecule has 0 aliphatic carbocycles. The minimum absolute atomic E-state index is 0.241. The number of aromatic nitrogens is 1. The molecule has 1 fully saturated rings. The van der Waals surface area contributed by atoms with Crippen LogP contribution in [0.3, 0.4) is 0 Å². The molecule has 20 heavy (non-hydrogen) atoms. The third-order valence-electron chi connectivity index (χ3n) is 3.87. The van der Waals surface area contributed by atoms with E-state index in [9.17, 15) is 4.79 Å². The van der Waals surface area contributed by atoms with Crippen LogP contribution in [0.25, 0.3) is 0 Å². The highest BCUT2D eigenvalue weighted by Gasteiger charge is 2.52. The minimum Gasteiger partial charge on any atom is -0.465 e. The summed E-state index contributed by atoms with van der Waals surface area (Å²) < 4.78 is 16.6. The fourth-order valence-electron chi connectivity index (χ4n) is 1.93. The Balaban J connectivity index is 2.42. The van der Waals surface area contributed by atoms with Crippen LogP contribution in [-0.4, -0.2) is 36.4 Å². The van der Waals surface area contributed by atoms with Gasteiger partial charge in [-0.2, -0.15) is 0 Å². The molecule has 7 heteroatoms. The molecule has 0 atom stereocenters. The number of hydrogen-bond donors (Lipinski definition) is 1. The van der Waals surface area contributed by atoms with Crippen LogP contribution in [0, 0.1) is 0 Å². The summed E-state index contributed by atoms with van der Waals surface area (Å²) in [5.74, 6) is -0.255. The van der Waals surface area contributed by atoms with Gasteiger partial charge in [-0.1, -0.05) is 0 Å². The second kappa shape index (κ2) is 4.75. The zero-order chi connectivity index (χ0) is 15.1. The van der Waals surface area contributed by atoms with E-state index in [0.717, 1.165) is 0 Å². The quantitative estimate of drug-likeness (QED) is 0.635. The third-order valence-corrected chi connectivity index (χ3v) is 3.87. The smallest absolute Gasteiger partial charge is 0.465 e. The Morgan fingerprint density at radius 2 is 1.85 bits per heavy atom. The minimum atomic E-state index is -0.679. The van der Waals surface area contributed by atoms with Crippen LogP contribution in [0.4, 0.5) is 5.82 Å². The van der Waals surface area contributed by atoms with Gasteiger partial charge in [0.1, 0.15) is 5.82 Å². The fraction of sp³-hybridized carbons (Fsp3) is 0.538. The first-order valence-corrected chi connectivity index (χ1v) is 6.37. The first-order chi connectivity index (χ1) is 9.18. The van der Waals surface area contributed by atoms with Crippen LogP contribution in [0.15, 0.2) is 12.3 Å². The summed E-state index contributed by atoms with van der Waals surface area (Å²) in [6, 6.07) is 1.46. The first-order valence-electron chi connectivity index (χ1n) is 6.37. The second-order valence-electron chi connectivity index (χ2n) is 5.78. The largest absolute Gasteiger partial charge is 0.497 e. The number of nitrogen functional groups attached to an aromatic ring is 1. The van der Waals surface area contributed by atoms with Crippen LogP contribution in [0.2, 0.25) is 0 Å². The van der Waals surface area contributed by atoms with Crippen molar-refractivity contribution in [1.29, 1.82) is 0 Å². The first kappa shape index (κ1) is 14.8. The maximum Gasteiger partial charge on any atom is 0.497 e. The summed E-state index contributed by atoms with van der Waals surface area (Å²) in [5.41, 5.74) is 5.46. The Morgan fingerprint density at radius 3 is 2.35 bits per heavy atom. The van der Waals surface area contributed by atoms with Gasteiger partial charge in [-0.25, -0.2) is 9.78 Å². The van der Waals surface area contributed by atoms with E-state index in [-0.39, 0.29) is 5.82 Å². The predicted octanol–water partition coefficient (Wildman–Crippen LogP) is 0.750. The molecule has 0 unspecified atom stereocenters. The molecule has 108 valence electrons. The number of anilines is 1. The Labute approximate surface area is 118 Å². The molecule has 0 spiro atoms. The van der Waals surface area contributed by atoms with Crippen molar-refractivity contribution in [3.05, 3.63) is 17.8 Å². The van der Waals surface area contributed by atoms with Crippen molar-refractivity contribution in [2.24, 2.45) is 0 Å². The second-order valence-corrected chi connectivity index (χ2v) is 5.78. The number of nitrogens with zero attached hydrogens (tertiary/aromatic N) is 1. The van der Waals surface area contributed by atoms with Gasteiger partial charge in [0.2, 0.25) is 0 Å². The highest BCUT2D eigenvalue weighted by molar-refractivity contribution is 6.63. The van der Waals surface area contributed by atoms with Crippen molar-refractivity contribution in [2.45, 2.75) is 38.9 Å². The summed E-state index contributed by atoms with van der Waals surface area (Å²) in [5, 5.41) is 0. The molecule has 1 aromatic rings. The molecule has 0 saturated carbocycles. The molecule has 2 rings (SSSR count). The summed E-state index contributed by atoms with van der Waals surface area (Å²) >= 11 is 0.